The average molecular weight is 370 g/mol. The smallest absolute Gasteiger partial charge is 0.405 e. The van der Waals surface area contributed by atoms with E-state index in [1.807, 2.05) is 0 Å². The summed E-state index contributed by atoms with van der Waals surface area (Å²) >= 11 is 2.93. The third-order valence-electron chi connectivity index (χ3n) is 4.11. The summed E-state index contributed by atoms with van der Waals surface area (Å²) in [5, 5.41) is 16.1. The first-order valence-corrected chi connectivity index (χ1v) is 9.62. The zero-order valence-corrected chi connectivity index (χ0v) is 14.4. The molecule has 3 rings (SSSR count). The Morgan fingerprint density at radius 1 is 1.33 bits per heavy atom. The molecule has 2 saturated heterocycles. The van der Waals surface area contributed by atoms with E-state index in [-0.39, 0.29) is 17.2 Å². The molecular weight excluding hydrogens is 352 g/mol. The van der Waals surface area contributed by atoms with E-state index in [2.05, 4.69) is 15.6 Å². The van der Waals surface area contributed by atoms with E-state index < -0.39 is 18.2 Å². The Hall–Kier alpha value is -1.81. The number of anilines is 1. The van der Waals surface area contributed by atoms with Gasteiger partial charge in [-0.25, -0.2) is 9.78 Å². The number of rotatable bonds is 3. The molecule has 3 atom stereocenters. The van der Waals surface area contributed by atoms with E-state index in [0.717, 1.165) is 12.8 Å². The first-order valence-electron chi connectivity index (χ1n) is 7.70. The fourth-order valence-corrected chi connectivity index (χ4v) is 4.98. The summed E-state index contributed by atoms with van der Waals surface area (Å²) in [6.07, 6.45) is 3.05. The van der Waals surface area contributed by atoms with E-state index in [0.29, 0.717) is 23.7 Å². The molecular formula is C14H18N4O4S2. The third-order valence-corrected chi connectivity index (χ3v) is 6.11. The van der Waals surface area contributed by atoms with Crippen molar-refractivity contribution in [2.75, 3.05) is 11.1 Å². The van der Waals surface area contributed by atoms with E-state index >= 15 is 0 Å². The van der Waals surface area contributed by atoms with Gasteiger partial charge in [0.1, 0.15) is 12.1 Å². The van der Waals surface area contributed by atoms with Crippen LogP contribution in [0.4, 0.5) is 9.93 Å². The van der Waals surface area contributed by atoms with E-state index in [9.17, 15) is 14.4 Å². The van der Waals surface area contributed by atoms with Gasteiger partial charge in [0.25, 0.3) is 0 Å². The van der Waals surface area contributed by atoms with Crippen molar-refractivity contribution in [1.82, 2.24) is 15.2 Å². The van der Waals surface area contributed by atoms with Gasteiger partial charge in [-0.05, 0) is 31.4 Å². The van der Waals surface area contributed by atoms with Crippen molar-refractivity contribution in [3.05, 3.63) is 11.6 Å². The van der Waals surface area contributed by atoms with Crippen LogP contribution in [-0.4, -0.2) is 56.1 Å². The molecule has 0 spiro atoms. The van der Waals surface area contributed by atoms with Crippen LogP contribution in [0.5, 0.6) is 0 Å². The number of hydrogen-bond donors (Lipinski definition) is 3. The number of carbonyl (C=O) groups is 3. The molecule has 1 aromatic rings. The third kappa shape index (κ3) is 3.64. The summed E-state index contributed by atoms with van der Waals surface area (Å²) < 4.78 is 0. The number of thiazole rings is 1. The molecule has 2 aliphatic heterocycles. The van der Waals surface area contributed by atoms with Crippen molar-refractivity contribution in [2.24, 2.45) is 0 Å². The lowest BCUT2D eigenvalue weighted by molar-refractivity contribution is -0.142. The molecule has 3 N–H and O–H groups in total. The van der Waals surface area contributed by atoms with Crippen LogP contribution in [0.1, 0.15) is 25.7 Å². The SMILES string of the molecule is O=C(O)N[C@H]1CCS[C@H]2CCC[C@@H](C(=O)Nc3nccs3)N2C1=O. The van der Waals surface area contributed by atoms with Crippen molar-refractivity contribution in [2.45, 2.75) is 43.1 Å². The van der Waals surface area contributed by atoms with E-state index in [4.69, 9.17) is 5.11 Å². The number of carbonyl (C=O) groups excluding carboxylic acids is 2. The molecule has 130 valence electrons. The highest BCUT2D eigenvalue weighted by molar-refractivity contribution is 7.99. The molecule has 0 unspecified atom stereocenters. The highest BCUT2D eigenvalue weighted by Gasteiger charge is 2.43. The summed E-state index contributed by atoms with van der Waals surface area (Å²) in [5.74, 6) is 0.101. The van der Waals surface area contributed by atoms with Gasteiger partial charge < -0.3 is 20.6 Å². The fraction of sp³-hybridized carbons (Fsp3) is 0.571. The van der Waals surface area contributed by atoms with E-state index in [1.165, 1.54) is 11.3 Å². The van der Waals surface area contributed by atoms with Gasteiger partial charge in [-0.15, -0.1) is 23.1 Å². The van der Waals surface area contributed by atoms with Crippen molar-refractivity contribution >= 4 is 46.1 Å². The zero-order valence-electron chi connectivity index (χ0n) is 12.8. The maximum atomic E-state index is 12.8. The monoisotopic (exact) mass is 370 g/mol. The second-order valence-electron chi connectivity index (χ2n) is 5.63. The van der Waals surface area contributed by atoms with Crippen molar-refractivity contribution < 1.29 is 19.5 Å². The van der Waals surface area contributed by atoms with Crippen molar-refractivity contribution in [3.8, 4) is 0 Å². The maximum Gasteiger partial charge on any atom is 0.405 e. The van der Waals surface area contributed by atoms with E-state index in [1.54, 1.807) is 28.2 Å². The summed E-state index contributed by atoms with van der Waals surface area (Å²) in [4.78, 5) is 42.0. The molecule has 2 aliphatic rings. The van der Waals surface area contributed by atoms with Gasteiger partial charge in [-0.3, -0.25) is 9.59 Å². The number of nitrogens with zero attached hydrogens (tertiary/aromatic N) is 2. The first kappa shape index (κ1) is 17.0. The molecule has 0 aromatic carbocycles. The van der Waals surface area contributed by atoms with Crippen LogP contribution >= 0.6 is 23.1 Å². The second-order valence-corrected chi connectivity index (χ2v) is 7.82. The Morgan fingerprint density at radius 3 is 2.88 bits per heavy atom. The molecule has 3 amide bonds. The topological polar surface area (TPSA) is 112 Å². The van der Waals surface area contributed by atoms with Crippen LogP contribution in [0.15, 0.2) is 11.6 Å². The summed E-state index contributed by atoms with van der Waals surface area (Å²) in [5.41, 5.74) is 0. The zero-order chi connectivity index (χ0) is 17.1. The summed E-state index contributed by atoms with van der Waals surface area (Å²) in [7, 11) is 0. The quantitative estimate of drug-likeness (QED) is 0.744. The average Bonchev–Trinajstić information content (AvgIpc) is 3.00. The number of nitrogens with one attached hydrogen (secondary N) is 2. The van der Waals surface area contributed by atoms with Gasteiger partial charge >= 0.3 is 6.09 Å². The number of fused-ring (bicyclic) bond motifs is 1. The number of thioether (sulfide) groups is 1. The highest BCUT2D eigenvalue weighted by Crippen LogP contribution is 2.34. The highest BCUT2D eigenvalue weighted by atomic mass is 32.2. The minimum Gasteiger partial charge on any atom is -0.465 e. The van der Waals surface area contributed by atoms with Gasteiger partial charge in [0, 0.05) is 11.6 Å². The molecule has 0 saturated carbocycles. The lowest BCUT2D eigenvalue weighted by Crippen LogP contribution is -2.58. The van der Waals surface area contributed by atoms with Crippen LogP contribution in [0.2, 0.25) is 0 Å². The molecule has 1 aromatic heterocycles. The Labute approximate surface area is 147 Å². The minimum absolute atomic E-state index is 0.0844. The predicted molar refractivity (Wildman–Crippen MR) is 91.0 cm³/mol. The standard InChI is InChI=1S/C14H18N4O4S2/c19-11(17-13-15-5-7-24-13)9-2-1-3-10-18(9)12(20)8(4-6-23-10)16-14(21)22/h5,7-10,16H,1-4,6H2,(H,21,22)(H,15,17,19)/t8-,9-,10-/m0/s1. The Morgan fingerprint density at radius 2 is 2.17 bits per heavy atom. The first-order chi connectivity index (χ1) is 11.6. The van der Waals surface area contributed by atoms with Gasteiger partial charge in [0.15, 0.2) is 5.13 Å². The van der Waals surface area contributed by atoms with Crippen LogP contribution in [-0.2, 0) is 9.59 Å². The molecule has 2 fully saturated rings. The maximum absolute atomic E-state index is 12.8. The Bertz CT molecular complexity index is 624. The Balaban J connectivity index is 1.79. The largest absolute Gasteiger partial charge is 0.465 e. The minimum atomic E-state index is -1.22. The molecule has 8 nitrogen and oxygen atoms in total. The lowest BCUT2D eigenvalue weighted by Gasteiger charge is -2.40. The Kier molecular flexibility index (Phi) is 5.24. The van der Waals surface area contributed by atoms with Gasteiger partial charge in [0.05, 0.1) is 5.37 Å². The fourth-order valence-electron chi connectivity index (χ4n) is 3.06. The second kappa shape index (κ2) is 7.39. The number of aromatic nitrogens is 1. The molecule has 0 bridgehead atoms. The van der Waals surface area contributed by atoms with Crippen LogP contribution < -0.4 is 10.6 Å². The normalized spacial score (nSPS) is 27.1. The van der Waals surface area contributed by atoms with Gasteiger partial charge in [-0.1, -0.05) is 0 Å². The number of hydrogen-bond acceptors (Lipinski definition) is 6. The molecule has 0 aliphatic carbocycles. The van der Waals surface area contributed by atoms with Crippen molar-refractivity contribution in [1.29, 1.82) is 0 Å². The molecule has 10 heteroatoms. The number of carboxylic acid groups (broad SMARTS) is 1. The van der Waals surface area contributed by atoms with Gasteiger partial charge in [0.2, 0.25) is 11.8 Å². The summed E-state index contributed by atoms with van der Waals surface area (Å²) in [6, 6.07) is -1.39. The number of piperidine rings is 1. The molecule has 24 heavy (non-hydrogen) atoms. The van der Waals surface area contributed by atoms with Gasteiger partial charge in [-0.2, -0.15) is 0 Å². The number of amides is 3. The van der Waals surface area contributed by atoms with Crippen LogP contribution in [0, 0.1) is 0 Å². The molecule has 0 radical (unpaired) electrons. The summed E-state index contributed by atoms with van der Waals surface area (Å²) in [6.45, 7) is 0. The molecule has 3 heterocycles. The van der Waals surface area contributed by atoms with Crippen LogP contribution in [0.3, 0.4) is 0 Å². The predicted octanol–water partition coefficient (Wildman–Crippen LogP) is 1.56. The van der Waals surface area contributed by atoms with Crippen LogP contribution in [0.25, 0.3) is 0 Å². The van der Waals surface area contributed by atoms with Crippen molar-refractivity contribution in [3.63, 3.8) is 0 Å². The lowest BCUT2D eigenvalue weighted by atomic mass is 9.99.